The standard InChI is InChI=1S/C18H21N5OS3/c24-18(6-2-1-4-13-9-11-26-27-13)19-12-17-21-20-16-8-7-14(22-23(16)17)15-5-3-10-25-15/h3,5,7-8,10,13H,1-2,4,6,9,11-12H2,(H,19,24). The van der Waals surface area contributed by atoms with Crippen molar-refractivity contribution in [2.45, 2.75) is 43.9 Å². The number of fused-ring (bicyclic) bond motifs is 1. The van der Waals surface area contributed by atoms with Gasteiger partial charge in [0.25, 0.3) is 0 Å². The number of nitrogens with one attached hydrogen (secondary N) is 1. The van der Waals surface area contributed by atoms with Gasteiger partial charge in [-0.2, -0.15) is 9.61 Å². The first kappa shape index (κ1) is 18.8. The number of nitrogens with zero attached hydrogens (tertiary/aromatic N) is 4. The Morgan fingerprint density at radius 1 is 1.26 bits per heavy atom. The minimum absolute atomic E-state index is 0.0645. The maximum absolute atomic E-state index is 12.1. The van der Waals surface area contributed by atoms with Gasteiger partial charge in [0.1, 0.15) is 5.69 Å². The average Bonchev–Trinajstić information content (AvgIpc) is 3.45. The Kier molecular flexibility index (Phi) is 6.31. The van der Waals surface area contributed by atoms with Crippen LogP contribution in [-0.4, -0.2) is 36.7 Å². The van der Waals surface area contributed by atoms with Crippen LogP contribution in [0.25, 0.3) is 16.2 Å². The van der Waals surface area contributed by atoms with Crippen LogP contribution in [0.1, 0.15) is 37.9 Å². The lowest BCUT2D eigenvalue weighted by molar-refractivity contribution is -0.121. The second-order valence-corrected chi connectivity index (χ2v) is 10.2. The highest BCUT2D eigenvalue weighted by molar-refractivity contribution is 8.77. The summed E-state index contributed by atoms with van der Waals surface area (Å²) in [5.74, 6) is 1.98. The zero-order chi connectivity index (χ0) is 18.5. The number of amides is 1. The Labute approximate surface area is 169 Å². The number of carbonyl (C=O) groups excluding carboxylic acids is 1. The number of aromatic nitrogens is 4. The van der Waals surface area contributed by atoms with Gasteiger partial charge >= 0.3 is 0 Å². The van der Waals surface area contributed by atoms with Gasteiger partial charge < -0.3 is 5.32 Å². The van der Waals surface area contributed by atoms with Gasteiger partial charge in [-0.05, 0) is 42.8 Å². The second kappa shape index (κ2) is 9.07. The quantitative estimate of drug-likeness (QED) is 0.436. The number of hydrogen-bond acceptors (Lipinski definition) is 7. The van der Waals surface area contributed by atoms with Crippen LogP contribution in [-0.2, 0) is 11.3 Å². The number of unbranched alkanes of at least 4 members (excludes halogenated alkanes) is 1. The molecule has 1 fully saturated rings. The van der Waals surface area contributed by atoms with Crippen LogP contribution >= 0.6 is 32.9 Å². The highest BCUT2D eigenvalue weighted by atomic mass is 33.1. The fourth-order valence-corrected chi connectivity index (χ4v) is 6.71. The van der Waals surface area contributed by atoms with Gasteiger partial charge in [0.05, 0.1) is 11.4 Å². The first-order valence-electron chi connectivity index (χ1n) is 9.10. The molecular formula is C18H21N5OS3. The molecule has 1 amide bonds. The van der Waals surface area contributed by atoms with Crippen molar-refractivity contribution in [3.8, 4) is 10.6 Å². The molecule has 1 aliphatic heterocycles. The summed E-state index contributed by atoms with van der Waals surface area (Å²) in [7, 11) is 3.97. The first-order valence-corrected chi connectivity index (χ1v) is 12.4. The van der Waals surface area contributed by atoms with Gasteiger partial charge in [0.15, 0.2) is 11.5 Å². The smallest absolute Gasteiger partial charge is 0.220 e. The van der Waals surface area contributed by atoms with Crippen LogP contribution in [0.2, 0.25) is 0 Å². The molecule has 0 bridgehead atoms. The molecule has 1 N–H and O–H groups in total. The van der Waals surface area contributed by atoms with Crippen LogP contribution in [0.15, 0.2) is 29.6 Å². The van der Waals surface area contributed by atoms with Crippen molar-refractivity contribution >= 4 is 44.5 Å². The topological polar surface area (TPSA) is 72.2 Å². The van der Waals surface area contributed by atoms with E-state index in [1.807, 2.05) is 51.2 Å². The predicted molar refractivity (Wildman–Crippen MR) is 113 cm³/mol. The van der Waals surface area contributed by atoms with E-state index in [9.17, 15) is 4.79 Å². The number of hydrogen-bond donors (Lipinski definition) is 1. The SMILES string of the molecule is O=C(CCCCC1CCSS1)NCc1nnc2ccc(-c3cccs3)nn12. The highest BCUT2D eigenvalue weighted by Crippen LogP contribution is 2.39. The molecule has 0 radical (unpaired) electrons. The molecule has 1 unspecified atom stereocenters. The lowest BCUT2D eigenvalue weighted by Gasteiger charge is -2.07. The van der Waals surface area contributed by atoms with Gasteiger partial charge in [-0.25, -0.2) is 0 Å². The second-order valence-electron chi connectivity index (χ2n) is 6.43. The van der Waals surface area contributed by atoms with Crippen molar-refractivity contribution in [3.63, 3.8) is 0 Å². The number of thiophene rings is 1. The molecule has 4 rings (SSSR count). The molecule has 4 heterocycles. The Morgan fingerprint density at radius 2 is 2.22 bits per heavy atom. The number of carbonyl (C=O) groups is 1. The van der Waals surface area contributed by atoms with E-state index < -0.39 is 0 Å². The van der Waals surface area contributed by atoms with E-state index in [1.165, 1.54) is 18.6 Å². The molecule has 142 valence electrons. The van der Waals surface area contributed by atoms with Crippen molar-refractivity contribution in [1.82, 2.24) is 25.1 Å². The fraction of sp³-hybridized carbons (Fsp3) is 0.444. The van der Waals surface area contributed by atoms with Crippen molar-refractivity contribution in [1.29, 1.82) is 0 Å². The molecule has 3 aromatic heterocycles. The summed E-state index contributed by atoms with van der Waals surface area (Å²) < 4.78 is 1.71. The van der Waals surface area contributed by atoms with Crippen molar-refractivity contribution < 1.29 is 4.79 Å². The van der Waals surface area contributed by atoms with Crippen molar-refractivity contribution in [2.75, 3.05) is 5.75 Å². The summed E-state index contributed by atoms with van der Waals surface area (Å²) in [6, 6.07) is 7.88. The summed E-state index contributed by atoms with van der Waals surface area (Å²) >= 11 is 1.64. The van der Waals surface area contributed by atoms with Gasteiger partial charge in [0.2, 0.25) is 5.91 Å². The highest BCUT2D eigenvalue weighted by Gasteiger charge is 2.16. The Balaban J connectivity index is 1.29. The van der Waals surface area contributed by atoms with E-state index in [-0.39, 0.29) is 5.91 Å². The molecule has 0 aliphatic carbocycles. The summed E-state index contributed by atoms with van der Waals surface area (Å²) in [5.41, 5.74) is 1.57. The fourth-order valence-electron chi connectivity index (χ4n) is 2.99. The molecule has 1 atom stereocenters. The third kappa shape index (κ3) is 4.83. The molecule has 6 nitrogen and oxygen atoms in total. The van der Waals surface area contributed by atoms with Crippen LogP contribution in [0.4, 0.5) is 0 Å². The van der Waals surface area contributed by atoms with E-state index in [2.05, 4.69) is 20.6 Å². The van der Waals surface area contributed by atoms with Gasteiger partial charge in [-0.3, -0.25) is 4.79 Å². The Morgan fingerprint density at radius 3 is 3.04 bits per heavy atom. The van der Waals surface area contributed by atoms with E-state index >= 15 is 0 Å². The summed E-state index contributed by atoms with van der Waals surface area (Å²) in [6.45, 7) is 0.343. The zero-order valence-corrected chi connectivity index (χ0v) is 17.3. The van der Waals surface area contributed by atoms with E-state index in [0.29, 0.717) is 24.4 Å². The molecule has 0 spiro atoms. The lowest BCUT2D eigenvalue weighted by Crippen LogP contribution is -2.24. The molecule has 3 aromatic rings. The molecular weight excluding hydrogens is 398 g/mol. The number of rotatable bonds is 8. The Hall–Kier alpha value is -1.58. The first-order chi connectivity index (χ1) is 13.3. The third-order valence-electron chi connectivity index (χ3n) is 4.45. The molecule has 0 saturated carbocycles. The van der Waals surface area contributed by atoms with E-state index in [0.717, 1.165) is 28.7 Å². The summed E-state index contributed by atoms with van der Waals surface area (Å²) in [4.78, 5) is 13.2. The average molecular weight is 420 g/mol. The normalized spacial score (nSPS) is 16.8. The lowest BCUT2D eigenvalue weighted by atomic mass is 10.1. The van der Waals surface area contributed by atoms with Crippen molar-refractivity contribution in [2.24, 2.45) is 0 Å². The van der Waals surface area contributed by atoms with Crippen molar-refractivity contribution in [3.05, 3.63) is 35.5 Å². The predicted octanol–water partition coefficient (Wildman–Crippen LogP) is 4.18. The molecule has 0 aromatic carbocycles. The molecule has 1 saturated heterocycles. The zero-order valence-electron chi connectivity index (χ0n) is 14.8. The Bertz CT molecular complexity index is 890. The van der Waals surface area contributed by atoms with Gasteiger partial charge in [0, 0.05) is 17.4 Å². The van der Waals surface area contributed by atoms with Crippen LogP contribution in [0.5, 0.6) is 0 Å². The van der Waals surface area contributed by atoms with E-state index in [1.54, 1.807) is 15.9 Å². The van der Waals surface area contributed by atoms with Gasteiger partial charge in [-0.15, -0.1) is 21.5 Å². The maximum Gasteiger partial charge on any atom is 0.220 e. The third-order valence-corrected chi connectivity index (χ3v) is 8.35. The van der Waals surface area contributed by atoms with Crippen LogP contribution in [0.3, 0.4) is 0 Å². The monoisotopic (exact) mass is 419 g/mol. The van der Waals surface area contributed by atoms with Crippen LogP contribution < -0.4 is 5.32 Å². The van der Waals surface area contributed by atoms with Gasteiger partial charge in [-0.1, -0.05) is 34.1 Å². The van der Waals surface area contributed by atoms with E-state index in [4.69, 9.17) is 0 Å². The summed E-state index contributed by atoms with van der Waals surface area (Å²) in [6.07, 6.45) is 5.15. The minimum atomic E-state index is 0.0645. The largest absolute Gasteiger partial charge is 0.349 e. The van der Waals surface area contributed by atoms with Crippen LogP contribution in [0, 0.1) is 0 Å². The molecule has 27 heavy (non-hydrogen) atoms. The maximum atomic E-state index is 12.1. The molecule has 9 heteroatoms. The summed E-state index contributed by atoms with van der Waals surface area (Å²) in [5, 5.41) is 18.7. The minimum Gasteiger partial charge on any atom is -0.349 e. The molecule has 1 aliphatic rings.